The fourth-order valence-corrected chi connectivity index (χ4v) is 3.89. The standard InChI is InChI=1S/C23H16N4O3S/c1-29-15-10-8-14(9-11-15)22-26-27-23(30-22)25-21(28)17-13-19(20-7-4-12-31-20)24-18-6-3-2-5-16(17)18/h2-13H,1H3,(H,25,27,28). The predicted octanol–water partition coefficient (Wildman–Crippen LogP) is 5.27. The number of rotatable bonds is 5. The van der Waals surface area contributed by atoms with Crippen LogP contribution in [0.15, 0.2) is 76.5 Å². The van der Waals surface area contributed by atoms with E-state index in [-0.39, 0.29) is 11.9 Å². The van der Waals surface area contributed by atoms with E-state index in [1.807, 2.05) is 53.9 Å². The highest BCUT2D eigenvalue weighted by Gasteiger charge is 2.17. The first-order valence-corrected chi connectivity index (χ1v) is 10.3. The summed E-state index contributed by atoms with van der Waals surface area (Å²) >= 11 is 1.57. The number of carbonyl (C=O) groups excluding carboxylic acids is 1. The van der Waals surface area contributed by atoms with E-state index < -0.39 is 0 Å². The number of hydrogen-bond acceptors (Lipinski definition) is 7. The molecule has 0 aliphatic heterocycles. The van der Waals surface area contributed by atoms with Gasteiger partial charge in [0.2, 0.25) is 5.89 Å². The molecular weight excluding hydrogens is 412 g/mol. The Kier molecular flexibility index (Phi) is 4.89. The Hall–Kier alpha value is -4.04. The van der Waals surface area contributed by atoms with Crippen molar-refractivity contribution in [3.8, 4) is 27.8 Å². The summed E-state index contributed by atoms with van der Waals surface area (Å²) in [6, 6.07) is 20.5. The van der Waals surface area contributed by atoms with Gasteiger partial charge in [0, 0.05) is 10.9 Å². The maximum Gasteiger partial charge on any atom is 0.322 e. The lowest BCUT2D eigenvalue weighted by molar-refractivity contribution is 0.102. The van der Waals surface area contributed by atoms with Crippen LogP contribution < -0.4 is 10.1 Å². The Morgan fingerprint density at radius 1 is 1.03 bits per heavy atom. The van der Waals surface area contributed by atoms with Gasteiger partial charge in [0.1, 0.15) is 5.75 Å². The SMILES string of the molecule is COc1ccc(-c2nnc(NC(=O)c3cc(-c4cccs4)nc4ccccc34)o2)cc1. The third kappa shape index (κ3) is 3.76. The molecule has 1 amide bonds. The molecular formula is C23H16N4O3S. The summed E-state index contributed by atoms with van der Waals surface area (Å²) in [5, 5.41) is 13.4. The lowest BCUT2D eigenvalue weighted by atomic mass is 10.1. The molecule has 0 aliphatic rings. The topological polar surface area (TPSA) is 90.1 Å². The second kappa shape index (κ2) is 8.00. The first kappa shape index (κ1) is 19.0. The minimum Gasteiger partial charge on any atom is -0.497 e. The molecule has 2 aromatic carbocycles. The number of nitrogens with one attached hydrogen (secondary N) is 1. The summed E-state index contributed by atoms with van der Waals surface area (Å²) in [6.07, 6.45) is 0. The third-order valence-corrected chi connectivity index (χ3v) is 5.61. The van der Waals surface area contributed by atoms with Gasteiger partial charge in [-0.25, -0.2) is 4.98 Å². The van der Waals surface area contributed by atoms with Gasteiger partial charge >= 0.3 is 6.01 Å². The van der Waals surface area contributed by atoms with Crippen LogP contribution in [-0.4, -0.2) is 28.2 Å². The molecule has 31 heavy (non-hydrogen) atoms. The molecule has 0 spiro atoms. The van der Waals surface area contributed by atoms with Gasteiger partial charge in [-0.1, -0.05) is 29.4 Å². The molecule has 8 heteroatoms. The van der Waals surface area contributed by atoms with Crippen LogP contribution in [0.3, 0.4) is 0 Å². The van der Waals surface area contributed by atoms with Crippen LogP contribution in [0.25, 0.3) is 32.9 Å². The van der Waals surface area contributed by atoms with E-state index in [9.17, 15) is 4.79 Å². The number of amides is 1. The molecule has 1 N–H and O–H groups in total. The second-order valence-electron chi connectivity index (χ2n) is 6.64. The maximum absolute atomic E-state index is 13.1. The average Bonchev–Trinajstić information content (AvgIpc) is 3.51. The molecule has 0 unspecified atom stereocenters. The molecule has 0 fully saturated rings. The summed E-state index contributed by atoms with van der Waals surface area (Å²) in [5.74, 6) is 0.682. The minimum absolute atomic E-state index is 0.0226. The molecule has 5 aromatic rings. The van der Waals surface area contributed by atoms with Gasteiger partial charge in [0.25, 0.3) is 5.91 Å². The van der Waals surface area contributed by atoms with Crippen LogP contribution in [0.2, 0.25) is 0 Å². The lowest BCUT2D eigenvalue weighted by Crippen LogP contribution is -2.13. The van der Waals surface area contributed by atoms with E-state index in [4.69, 9.17) is 14.1 Å². The van der Waals surface area contributed by atoms with Crippen LogP contribution in [0.1, 0.15) is 10.4 Å². The van der Waals surface area contributed by atoms with E-state index >= 15 is 0 Å². The van der Waals surface area contributed by atoms with Gasteiger partial charge in [0.15, 0.2) is 0 Å². The number of fused-ring (bicyclic) bond motifs is 1. The Morgan fingerprint density at radius 2 is 1.87 bits per heavy atom. The molecule has 0 bridgehead atoms. The van der Waals surface area contributed by atoms with Crippen LogP contribution in [0, 0.1) is 0 Å². The van der Waals surface area contributed by atoms with Crippen LogP contribution in [0.5, 0.6) is 5.75 Å². The second-order valence-corrected chi connectivity index (χ2v) is 7.59. The number of pyridine rings is 1. The summed E-state index contributed by atoms with van der Waals surface area (Å²) in [4.78, 5) is 18.8. The lowest BCUT2D eigenvalue weighted by Gasteiger charge is -2.08. The Labute approximate surface area is 181 Å². The van der Waals surface area contributed by atoms with Gasteiger partial charge in [-0.15, -0.1) is 16.4 Å². The molecule has 3 heterocycles. The number of hydrogen-bond donors (Lipinski definition) is 1. The van der Waals surface area contributed by atoms with Crippen LogP contribution >= 0.6 is 11.3 Å². The molecule has 152 valence electrons. The van der Waals surface area contributed by atoms with Crippen molar-refractivity contribution >= 4 is 34.2 Å². The van der Waals surface area contributed by atoms with Crippen LogP contribution in [-0.2, 0) is 0 Å². The summed E-state index contributed by atoms with van der Waals surface area (Å²) in [7, 11) is 1.60. The molecule has 7 nitrogen and oxygen atoms in total. The molecule has 0 aliphatic carbocycles. The first-order chi connectivity index (χ1) is 15.2. The number of ether oxygens (including phenoxy) is 1. The monoisotopic (exact) mass is 428 g/mol. The average molecular weight is 428 g/mol. The van der Waals surface area contributed by atoms with Crippen molar-refractivity contribution in [3.05, 3.63) is 77.7 Å². The zero-order valence-electron chi connectivity index (χ0n) is 16.4. The van der Waals surface area contributed by atoms with Gasteiger partial charge in [0.05, 0.1) is 28.8 Å². The smallest absolute Gasteiger partial charge is 0.322 e. The molecule has 3 aromatic heterocycles. The number of methoxy groups -OCH3 is 1. The Balaban J connectivity index is 1.46. The molecule has 0 atom stereocenters. The molecule has 0 radical (unpaired) electrons. The van der Waals surface area contributed by atoms with Crippen molar-refractivity contribution < 1.29 is 13.9 Å². The van der Waals surface area contributed by atoms with Crippen molar-refractivity contribution in [1.82, 2.24) is 15.2 Å². The van der Waals surface area contributed by atoms with Crippen molar-refractivity contribution in [2.24, 2.45) is 0 Å². The van der Waals surface area contributed by atoms with Crippen LogP contribution in [0.4, 0.5) is 6.01 Å². The van der Waals surface area contributed by atoms with Crippen molar-refractivity contribution in [2.75, 3.05) is 12.4 Å². The van der Waals surface area contributed by atoms with Crippen molar-refractivity contribution in [2.45, 2.75) is 0 Å². The van der Waals surface area contributed by atoms with E-state index in [1.165, 1.54) is 0 Å². The maximum atomic E-state index is 13.1. The van der Waals surface area contributed by atoms with E-state index in [0.717, 1.165) is 32.8 Å². The van der Waals surface area contributed by atoms with E-state index in [0.29, 0.717) is 11.5 Å². The van der Waals surface area contributed by atoms with Crippen molar-refractivity contribution in [3.63, 3.8) is 0 Å². The first-order valence-electron chi connectivity index (χ1n) is 9.44. The number of carbonyl (C=O) groups is 1. The summed E-state index contributed by atoms with van der Waals surface area (Å²) in [6.45, 7) is 0. The largest absolute Gasteiger partial charge is 0.497 e. The van der Waals surface area contributed by atoms with Gasteiger partial charge in [-0.2, -0.15) is 0 Å². The molecule has 5 rings (SSSR count). The minimum atomic E-state index is -0.346. The normalized spacial score (nSPS) is 10.9. The fraction of sp³-hybridized carbons (Fsp3) is 0.0435. The highest BCUT2D eigenvalue weighted by molar-refractivity contribution is 7.13. The number of thiophene rings is 1. The van der Waals surface area contributed by atoms with Gasteiger partial charge < -0.3 is 9.15 Å². The number of para-hydroxylation sites is 1. The van der Waals surface area contributed by atoms with E-state index in [1.54, 1.807) is 36.6 Å². The quantitative estimate of drug-likeness (QED) is 0.410. The molecule has 0 saturated heterocycles. The number of anilines is 1. The number of aromatic nitrogens is 3. The van der Waals surface area contributed by atoms with E-state index in [2.05, 4.69) is 15.5 Å². The third-order valence-electron chi connectivity index (χ3n) is 4.72. The van der Waals surface area contributed by atoms with Gasteiger partial charge in [-0.3, -0.25) is 10.1 Å². The number of benzene rings is 2. The highest BCUT2D eigenvalue weighted by atomic mass is 32.1. The predicted molar refractivity (Wildman–Crippen MR) is 119 cm³/mol. The Bertz CT molecular complexity index is 1360. The molecule has 0 saturated carbocycles. The summed E-state index contributed by atoms with van der Waals surface area (Å²) < 4.78 is 10.8. The zero-order valence-corrected chi connectivity index (χ0v) is 17.2. The zero-order chi connectivity index (χ0) is 21.2. The highest BCUT2D eigenvalue weighted by Crippen LogP contribution is 2.29. The fourth-order valence-electron chi connectivity index (χ4n) is 3.20. The van der Waals surface area contributed by atoms with Gasteiger partial charge in [-0.05, 0) is 47.8 Å². The Morgan fingerprint density at radius 3 is 2.65 bits per heavy atom. The van der Waals surface area contributed by atoms with Crippen molar-refractivity contribution in [1.29, 1.82) is 0 Å². The summed E-state index contributed by atoms with van der Waals surface area (Å²) in [5.41, 5.74) is 2.69. The number of nitrogens with zero attached hydrogens (tertiary/aromatic N) is 3.